The van der Waals surface area contributed by atoms with E-state index in [1.54, 1.807) is 6.92 Å². The van der Waals surface area contributed by atoms with Gasteiger partial charge >= 0.3 is 5.97 Å². The Balaban J connectivity index is 0. The molecule has 0 aromatic heterocycles. The molecule has 0 rings (SSSR count). The van der Waals surface area contributed by atoms with Crippen molar-refractivity contribution in [3.63, 3.8) is 0 Å². The molecule has 0 aliphatic carbocycles. The second-order valence-electron chi connectivity index (χ2n) is 1.03. The van der Waals surface area contributed by atoms with Gasteiger partial charge in [-0.2, -0.15) is 0 Å². The fourth-order valence-electron chi connectivity index (χ4n) is 0.189. The predicted octanol–water partition coefficient (Wildman–Crippen LogP) is 0.105. The summed E-state index contributed by atoms with van der Waals surface area (Å²) < 4.78 is 4.50. The van der Waals surface area contributed by atoms with Crippen LogP contribution in [-0.4, -0.2) is 24.3 Å². The van der Waals surface area contributed by atoms with E-state index in [0.29, 0.717) is 6.61 Å². The van der Waals surface area contributed by atoms with Crippen LogP contribution < -0.4 is 0 Å². The van der Waals surface area contributed by atoms with E-state index in [0.717, 1.165) is 0 Å². The number of carboxylic acid groups (broad SMARTS) is 1. The summed E-state index contributed by atoms with van der Waals surface area (Å²) >= 11 is 0. The molecule has 0 heterocycles. The van der Waals surface area contributed by atoms with Gasteiger partial charge in [-0.05, 0) is 6.92 Å². The van der Waals surface area contributed by atoms with E-state index < -0.39 is 5.97 Å². The second-order valence-corrected chi connectivity index (χ2v) is 1.03. The van der Waals surface area contributed by atoms with E-state index in [2.05, 4.69) is 4.74 Å². The molecule has 4 heteroatoms. The summed E-state index contributed by atoms with van der Waals surface area (Å²) in [7, 11) is 0. The molecular formula is C4H8FeO3. The van der Waals surface area contributed by atoms with E-state index in [9.17, 15) is 4.79 Å². The number of aliphatic carboxylic acids is 1. The Morgan fingerprint density at radius 2 is 2.25 bits per heavy atom. The first-order chi connectivity index (χ1) is 3.27. The van der Waals surface area contributed by atoms with Gasteiger partial charge in [0.25, 0.3) is 0 Å². The van der Waals surface area contributed by atoms with Crippen molar-refractivity contribution in [2.45, 2.75) is 6.92 Å². The Morgan fingerprint density at radius 1 is 1.75 bits per heavy atom. The Labute approximate surface area is 58.5 Å². The molecule has 8 heavy (non-hydrogen) atoms. The van der Waals surface area contributed by atoms with E-state index in [1.807, 2.05) is 0 Å². The van der Waals surface area contributed by atoms with Gasteiger partial charge in [0.2, 0.25) is 0 Å². The van der Waals surface area contributed by atoms with Crippen LogP contribution in [-0.2, 0) is 26.6 Å². The molecule has 0 saturated heterocycles. The van der Waals surface area contributed by atoms with Crippen LogP contribution in [0.15, 0.2) is 0 Å². The normalized spacial score (nSPS) is 7.62. The molecule has 1 N–H and O–H groups in total. The molecular weight excluding hydrogens is 152 g/mol. The molecule has 50 valence electrons. The van der Waals surface area contributed by atoms with Crippen LogP contribution in [0.1, 0.15) is 6.92 Å². The maximum Gasteiger partial charge on any atom is 0.329 e. The summed E-state index contributed by atoms with van der Waals surface area (Å²) in [6.07, 6.45) is 0. The van der Waals surface area contributed by atoms with Gasteiger partial charge in [-0.3, -0.25) is 0 Å². The molecule has 0 aromatic carbocycles. The first-order valence-corrected chi connectivity index (χ1v) is 2.07. The summed E-state index contributed by atoms with van der Waals surface area (Å²) in [5, 5.41) is 7.92. The molecule has 0 fully saturated rings. The fourth-order valence-corrected chi connectivity index (χ4v) is 0.189. The van der Waals surface area contributed by atoms with Gasteiger partial charge in [-0.1, -0.05) is 0 Å². The molecule has 0 radical (unpaired) electrons. The monoisotopic (exact) mass is 160 g/mol. The molecule has 0 aliphatic rings. The van der Waals surface area contributed by atoms with Crippen LogP contribution in [0.5, 0.6) is 0 Å². The SMILES string of the molecule is CCOCC(=O)O.[Fe]. The molecule has 0 aromatic rings. The van der Waals surface area contributed by atoms with Gasteiger partial charge in [0.15, 0.2) is 0 Å². The molecule has 0 amide bonds. The number of ether oxygens (including phenoxy) is 1. The molecule has 0 unspecified atom stereocenters. The van der Waals surface area contributed by atoms with Crippen LogP contribution >= 0.6 is 0 Å². The minimum atomic E-state index is -0.915. The molecule has 0 atom stereocenters. The quantitative estimate of drug-likeness (QED) is 0.595. The van der Waals surface area contributed by atoms with E-state index >= 15 is 0 Å². The fraction of sp³-hybridized carbons (Fsp3) is 0.750. The molecule has 3 nitrogen and oxygen atoms in total. The minimum Gasteiger partial charge on any atom is -0.480 e. The minimum absolute atomic E-state index is 0. The Bertz CT molecular complexity index is 64.3. The van der Waals surface area contributed by atoms with Crippen LogP contribution in [0.4, 0.5) is 0 Å². The maximum absolute atomic E-state index is 9.63. The third-order valence-corrected chi connectivity index (χ3v) is 0.430. The van der Waals surface area contributed by atoms with Crippen molar-refractivity contribution < 1.29 is 31.7 Å². The Kier molecular flexibility index (Phi) is 9.42. The molecule has 0 saturated carbocycles. The summed E-state index contributed by atoms with van der Waals surface area (Å²) in [6.45, 7) is 2.03. The molecule has 0 aliphatic heterocycles. The van der Waals surface area contributed by atoms with Crippen LogP contribution in [0.3, 0.4) is 0 Å². The zero-order chi connectivity index (χ0) is 5.70. The zero-order valence-electron chi connectivity index (χ0n) is 4.53. The smallest absolute Gasteiger partial charge is 0.329 e. The van der Waals surface area contributed by atoms with Gasteiger partial charge in [0, 0.05) is 23.7 Å². The van der Waals surface area contributed by atoms with Crippen molar-refractivity contribution >= 4 is 5.97 Å². The summed E-state index contributed by atoms with van der Waals surface area (Å²) in [4.78, 5) is 9.63. The summed E-state index contributed by atoms with van der Waals surface area (Å²) in [5.74, 6) is -0.915. The first-order valence-electron chi connectivity index (χ1n) is 2.07. The molecule has 0 spiro atoms. The van der Waals surface area contributed by atoms with Crippen molar-refractivity contribution in [2.75, 3.05) is 13.2 Å². The predicted molar refractivity (Wildman–Crippen MR) is 24.1 cm³/mol. The third kappa shape index (κ3) is 9.34. The third-order valence-electron chi connectivity index (χ3n) is 0.430. The summed E-state index contributed by atoms with van der Waals surface area (Å²) in [6, 6.07) is 0. The van der Waals surface area contributed by atoms with Crippen molar-refractivity contribution in [3.05, 3.63) is 0 Å². The van der Waals surface area contributed by atoms with Crippen LogP contribution in [0.2, 0.25) is 0 Å². The average molecular weight is 160 g/mol. The number of carbonyl (C=O) groups is 1. The van der Waals surface area contributed by atoms with E-state index in [-0.39, 0.29) is 23.7 Å². The van der Waals surface area contributed by atoms with Crippen LogP contribution in [0, 0.1) is 0 Å². The standard InChI is InChI=1S/C4H8O3.Fe/c1-2-7-3-4(5)6;/h2-3H2,1H3,(H,5,6);. The van der Waals surface area contributed by atoms with Crippen molar-refractivity contribution in [1.29, 1.82) is 0 Å². The van der Waals surface area contributed by atoms with Gasteiger partial charge in [0.1, 0.15) is 6.61 Å². The largest absolute Gasteiger partial charge is 0.480 e. The van der Waals surface area contributed by atoms with Crippen molar-refractivity contribution in [2.24, 2.45) is 0 Å². The first kappa shape index (κ1) is 10.8. The van der Waals surface area contributed by atoms with Gasteiger partial charge in [-0.15, -0.1) is 0 Å². The van der Waals surface area contributed by atoms with Crippen molar-refractivity contribution in [3.8, 4) is 0 Å². The number of rotatable bonds is 3. The van der Waals surface area contributed by atoms with E-state index in [4.69, 9.17) is 5.11 Å². The van der Waals surface area contributed by atoms with Gasteiger partial charge < -0.3 is 9.84 Å². The summed E-state index contributed by atoms with van der Waals surface area (Å²) in [5.41, 5.74) is 0. The Hall–Kier alpha value is -0.0505. The van der Waals surface area contributed by atoms with Crippen LogP contribution in [0.25, 0.3) is 0 Å². The van der Waals surface area contributed by atoms with Gasteiger partial charge in [-0.25, -0.2) is 4.79 Å². The topological polar surface area (TPSA) is 46.5 Å². The number of carboxylic acids is 1. The zero-order valence-corrected chi connectivity index (χ0v) is 5.64. The number of hydrogen-bond donors (Lipinski definition) is 1. The average Bonchev–Trinajstić information content (AvgIpc) is 1.61. The number of hydrogen-bond acceptors (Lipinski definition) is 2. The second kappa shape index (κ2) is 6.95. The van der Waals surface area contributed by atoms with Crippen molar-refractivity contribution in [1.82, 2.24) is 0 Å². The van der Waals surface area contributed by atoms with E-state index in [1.165, 1.54) is 0 Å². The van der Waals surface area contributed by atoms with Gasteiger partial charge in [0.05, 0.1) is 0 Å². The Morgan fingerprint density at radius 3 is 2.38 bits per heavy atom. The molecule has 0 bridgehead atoms. The maximum atomic E-state index is 9.63.